The van der Waals surface area contributed by atoms with E-state index in [1.54, 1.807) is 6.08 Å². The zero-order chi connectivity index (χ0) is 5.70. The molecular formula is C7H9. The van der Waals surface area contributed by atoms with E-state index in [9.17, 15) is 0 Å². The van der Waals surface area contributed by atoms with Crippen LogP contribution in [0.3, 0.4) is 0 Å². The first-order valence-corrected chi connectivity index (χ1v) is 2.40. The minimum atomic E-state index is 0.167. The molecule has 0 aromatic carbocycles. The zero-order valence-electron chi connectivity index (χ0n) is 4.57. The van der Waals surface area contributed by atoms with E-state index in [1.165, 1.54) is 0 Å². The normalized spacial score (nSPS) is 12.0. The third kappa shape index (κ3) is 2.05. The second kappa shape index (κ2) is 3.49. The second-order valence-corrected chi connectivity index (χ2v) is 1.39. The summed E-state index contributed by atoms with van der Waals surface area (Å²) in [7, 11) is 0. The van der Waals surface area contributed by atoms with Gasteiger partial charge >= 0.3 is 0 Å². The van der Waals surface area contributed by atoms with Gasteiger partial charge in [0, 0.05) is 5.92 Å². The molecule has 0 saturated heterocycles. The van der Waals surface area contributed by atoms with E-state index in [1.807, 2.05) is 6.92 Å². The standard InChI is InChI=1S/C7H9/c1-4-7(5-2)6-3/h4,7H,1,5H2,2H3. The van der Waals surface area contributed by atoms with Gasteiger partial charge < -0.3 is 0 Å². The predicted molar refractivity (Wildman–Crippen MR) is 31.1 cm³/mol. The summed E-state index contributed by atoms with van der Waals surface area (Å²) >= 11 is 0. The van der Waals surface area contributed by atoms with Crippen molar-refractivity contribution >= 4 is 0 Å². The van der Waals surface area contributed by atoms with Gasteiger partial charge in [-0.3, -0.25) is 0 Å². The SMILES string of the molecule is [C]#CC(C=C)CC. The van der Waals surface area contributed by atoms with E-state index in [0.717, 1.165) is 6.42 Å². The number of hydrogen-bond donors (Lipinski definition) is 0. The molecule has 7 heavy (non-hydrogen) atoms. The molecule has 0 heterocycles. The Labute approximate surface area is 45.2 Å². The van der Waals surface area contributed by atoms with E-state index in [0.29, 0.717) is 0 Å². The van der Waals surface area contributed by atoms with Crippen molar-refractivity contribution in [1.82, 2.24) is 0 Å². The summed E-state index contributed by atoms with van der Waals surface area (Å²) in [6, 6.07) is 0. The van der Waals surface area contributed by atoms with Crippen LogP contribution in [0.15, 0.2) is 12.7 Å². The summed E-state index contributed by atoms with van der Waals surface area (Å²) in [5.41, 5.74) is 0. The van der Waals surface area contributed by atoms with E-state index >= 15 is 0 Å². The molecule has 1 atom stereocenters. The Morgan fingerprint density at radius 2 is 2.57 bits per heavy atom. The molecule has 0 saturated carbocycles. The fourth-order valence-electron chi connectivity index (χ4n) is 0.328. The Balaban J connectivity index is 3.43. The average molecular weight is 93.1 g/mol. The molecule has 0 spiro atoms. The van der Waals surface area contributed by atoms with Gasteiger partial charge in [-0.25, -0.2) is 0 Å². The van der Waals surface area contributed by atoms with Gasteiger partial charge in [-0.15, -0.1) is 6.58 Å². The maximum absolute atomic E-state index is 6.64. The van der Waals surface area contributed by atoms with Crippen LogP contribution in [0.25, 0.3) is 0 Å². The van der Waals surface area contributed by atoms with E-state index in [4.69, 9.17) is 6.42 Å². The van der Waals surface area contributed by atoms with Crippen molar-refractivity contribution in [2.75, 3.05) is 0 Å². The molecule has 37 valence electrons. The second-order valence-electron chi connectivity index (χ2n) is 1.39. The van der Waals surface area contributed by atoms with Crippen molar-refractivity contribution in [2.24, 2.45) is 5.92 Å². The Hall–Kier alpha value is -0.700. The fourth-order valence-corrected chi connectivity index (χ4v) is 0.328. The third-order valence-electron chi connectivity index (χ3n) is 0.910. The van der Waals surface area contributed by atoms with Crippen molar-refractivity contribution in [2.45, 2.75) is 13.3 Å². The predicted octanol–water partition coefficient (Wildman–Crippen LogP) is 1.79. The molecule has 0 N–H and O–H groups in total. The maximum Gasteiger partial charge on any atom is 0.0387 e. The molecule has 0 nitrogen and oxygen atoms in total. The smallest absolute Gasteiger partial charge is 0.0387 e. The minimum Gasteiger partial charge on any atom is -0.102 e. The molecule has 0 aromatic heterocycles. The highest BCUT2D eigenvalue weighted by Crippen LogP contribution is 1.98. The van der Waals surface area contributed by atoms with Crippen molar-refractivity contribution in [1.29, 1.82) is 0 Å². The van der Waals surface area contributed by atoms with Gasteiger partial charge in [0.25, 0.3) is 0 Å². The highest BCUT2D eigenvalue weighted by atomic mass is 13.9. The van der Waals surface area contributed by atoms with Gasteiger partial charge in [-0.2, -0.15) is 0 Å². The molecule has 0 rings (SSSR count). The van der Waals surface area contributed by atoms with Gasteiger partial charge in [0.05, 0.1) is 0 Å². The van der Waals surface area contributed by atoms with Crippen LogP contribution < -0.4 is 0 Å². The topological polar surface area (TPSA) is 0 Å². The monoisotopic (exact) mass is 93.1 g/mol. The van der Waals surface area contributed by atoms with E-state index < -0.39 is 0 Å². The van der Waals surface area contributed by atoms with E-state index in [2.05, 4.69) is 12.5 Å². The molecule has 0 aromatic rings. The van der Waals surface area contributed by atoms with Crippen LogP contribution in [0.5, 0.6) is 0 Å². The van der Waals surface area contributed by atoms with Crippen molar-refractivity contribution in [3.63, 3.8) is 0 Å². The summed E-state index contributed by atoms with van der Waals surface area (Å²) < 4.78 is 0. The van der Waals surface area contributed by atoms with Crippen LogP contribution in [-0.2, 0) is 0 Å². The lowest BCUT2D eigenvalue weighted by Gasteiger charge is -1.93. The van der Waals surface area contributed by atoms with Crippen LogP contribution in [-0.4, -0.2) is 0 Å². The summed E-state index contributed by atoms with van der Waals surface area (Å²) in [5.74, 6) is 2.50. The summed E-state index contributed by atoms with van der Waals surface area (Å²) in [5, 5.41) is 0. The summed E-state index contributed by atoms with van der Waals surface area (Å²) in [4.78, 5) is 0. The molecule has 1 unspecified atom stereocenters. The van der Waals surface area contributed by atoms with Crippen LogP contribution in [0.4, 0.5) is 0 Å². The molecular weight excluding hydrogens is 84.1 g/mol. The van der Waals surface area contributed by atoms with Crippen LogP contribution in [0, 0.1) is 18.3 Å². The van der Waals surface area contributed by atoms with Gasteiger partial charge in [0.15, 0.2) is 0 Å². The Morgan fingerprint density at radius 1 is 2.00 bits per heavy atom. The molecule has 0 heteroatoms. The van der Waals surface area contributed by atoms with Gasteiger partial charge in [-0.05, 0) is 12.8 Å². The first kappa shape index (κ1) is 6.30. The molecule has 0 aliphatic heterocycles. The van der Waals surface area contributed by atoms with Crippen LogP contribution in [0.1, 0.15) is 13.3 Å². The lowest BCUT2D eigenvalue weighted by atomic mass is 10.1. The van der Waals surface area contributed by atoms with Crippen molar-refractivity contribution < 1.29 is 0 Å². The Morgan fingerprint density at radius 3 is 2.57 bits per heavy atom. The Kier molecular flexibility index (Phi) is 3.14. The molecule has 0 aliphatic carbocycles. The highest BCUT2D eigenvalue weighted by Gasteiger charge is 1.89. The fraction of sp³-hybridized carbons (Fsp3) is 0.429. The van der Waals surface area contributed by atoms with Gasteiger partial charge in [0.2, 0.25) is 0 Å². The Bertz CT molecular complexity index is 84.7. The number of hydrogen-bond acceptors (Lipinski definition) is 0. The molecule has 0 aliphatic rings. The van der Waals surface area contributed by atoms with Crippen LogP contribution in [0.2, 0.25) is 0 Å². The summed E-state index contributed by atoms with van der Waals surface area (Å²) in [6.07, 6.45) is 9.31. The molecule has 0 amide bonds. The molecule has 0 fully saturated rings. The van der Waals surface area contributed by atoms with Crippen molar-refractivity contribution in [3.8, 4) is 5.92 Å². The lowest BCUT2D eigenvalue weighted by molar-refractivity contribution is 0.802. The molecule has 1 radical (unpaired) electrons. The average Bonchev–Trinajstić information content (AvgIpc) is 1.72. The number of allylic oxidation sites excluding steroid dienone is 1. The molecule has 0 bridgehead atoms. The number of rotatable bonds is 2. The zero-order valence-corrected chi connectivity index (χ0v) is 4.57. The van der Waals surface area contributed by atoms with Gasteiger partial charge in [0.1, 0.15) is 0 Å². The van der Waals surface area contributed by atoms with Crippen molar-refractivity contribution in [3.05, 3.63) is 19.1 Å². The maximum atomic E-state index is 6.64. The summed E-state index contributed by atoms with van der Waals surface area (Å²) in [6.45, 7) is 5.53. The lowest BCUT2D eigenvalue weighted by Crippen LogP contribution is -1.84. The van der Waals surface area contributed by atoms with Crippen LogP contribution >= 0.6 is 0 Å². The first-order chi connectivity index (χ1) is 3.35. The third-order valence-corrected chi connectivity index (χ3v) is 0.910. The van der Waals surface area contributed by atoms with Gasteiger partial charge in [-0.1, -0.05) is 18.9 Å². The first-order valence-electron chi connectivity index (χ1n) is 2.40. The quantitative estimate of drug-likeness (QED) is 0.360. The largest absolute Gasteiger partial charge is 0.102 e. The minimum absolute atomic E-state index is 0.167. The van der Waals surface area contributed by atoms with E-state index in [-0.39, 0.29) is 5.92 Å². The highest BCUT2D eigenvalue weighted by molar-refractivity contribution is 4.96.